The smallest absolute Gasteiger partial charge is 0.137 e. The molecule has 0 amide bonds. The van der Waals surface area contributed by atoms with E-state index in [0.717, 1.165) is 12.0 Å². The van der Waals surface area contributed by atoms with Crippen LogP contribution in [0.5, 0.6) is 0 Å². The van der Waals surface area contributed by atoms with E-state index in [1.54, 1.807) is 7.11 Å². The van der Waals surface area contributed by atoms with Gasteiger partial charge in [-0.2, -0.15) is 0 Å². The molecular weight excluding hydrogens is 224 g/mol. The Balaban J connectivity index is 2.44. The maximum absolute atomic E-state index is 11.8. The molecule has 0 N–H and O–H groups in total. The molecule has 2 nitrogen and oxygen atoms in total. The van der Waals surface area contributed by atoms with Gasteiger partial charge in [-0.15, -0.1) is 0 Å². The highest BCUT2D eigenvalue weighted by atomic mass is 16.5. The van der Waals surface area contributed by atoms with Crippen molar-refractivity contribution in [1.82, 2.24) is 0 Å². The Morgan fingerprint density at radius 3 is 2.28 bits per heavy atom. The molecule has 0 heterocycles. The van der Waals surface area contributed by atoms with Crippen molar-refractivity contribution in [2.75, 3.05) is 7.11 Å². The predicted octanol–water partition coefficient (Wildman–Crippen LogP) is 3.74. The minimum Gasteiger partial charge on any atom is -0.382 e. The van der Waals surface area contributed by atoms with E-state index in [4.69, 9.17) is 4.74 Å². The molecule has 0 saturated carbocycles. The molecule has 0 aromatic heterocycles. The van der Waals surface area contributed by atoms with Gasteiger partial charge < -0.3 is 4.74 Å². The van der Waals surface area contributed by atoms with Gasteiger partial charge in [0.05, 0.1) is 6.10 Å². The lowest BCUT2D eigenvalue weighted by molar-refractivity contribution is -0.119. The van der Waals surface area contributed by atoms with E-state index in [-0.39, 0.29) is 11.9 Å². The van der Waals surface area contributed by atoms with Crippen LogP contribution in [0.3, 0.4) is 0 Å². The van der Waals surface area contributed by atoms with E-state index < -0.39 is 0 Å². The van der Waals surface area contributed by atoms with Gasteiger partial charge in [-0.05, 0) is 30.4 Å². The zero-order valence-electron chi connectivity index (χ0n) is 11.9. The molecule has 1 atom stereocenters. The first-order chi connectivity index (χ1) is 8.52. The highest BCUT2D eigenvalue weighted by Crippen LogP contribution is 2.15. The lowest BCUT2D eigenvalue weighted by Crippen LogP contribution is -2.10. The van der Waals surface area contributed by atoms with Gasteiger partial charge in [-0.1, -0.05) is 38.1 Å². The van der Waals surface area contributed by atoms with Crippen LogP contribution in [0.1, 0.15) is 50.7 Å². The topological polar surface area (TPSA) is 26.3 Å². The van der Waals surface area contributed by atoms with Crippen LogP contribution in [0.15, 0.2) is 24.3 Å². The standard InChI is InChI=1S/C16H24O2/c1-12(2)15-8-6-14(7-9-15)11-16(17)10-5-13(3)18-4/h6-9,12-13H,5,10-11H2,1-4H3. The number of carbonyl (C=O) groups is 1. The molecule has 0 aliphatic rings. The number of carbonyl (C=O) groups excluding carboxylic acids is 1. The predicted molar refractivity (Wildman–Crippen MR) is 74.9 cm³/mol. The molecule has 1 aromatic carbocycles. The number of hydrogen-bond acceptors (Lipinski definition) is 2. The fraction of sp³-hybridized carbons (Fsp3) is 0.562. The summed E-state index contributed by atoms with van der Waals surface area (Å²) in [6.07, 6.45) is 2.10. The van der Waals surface area contributed by atoms with Gasteiger partial charge in [0.1, 0.15) is 5.78 Å². The van der Waals surface area contributed by atoms with Crippen molar-refractivity contribution in [3.8, 4) is 0 Å². The highest BCUT2D eigenvalue weighted by Gasteiger charge is 2.07. The summed E-state index contributed by atoms with van der Waals surface area (Å²) in [5.41, 5.74) is 2.42. The van der Waals surface area contributed by atoms with Crippen molar-refractivity contribution in [3.63, 3.8) is 0 Å². The summed E-state index contributed by atoms with van der Waals surface area (Å²) in [4.78, 5) is 11.8. The van der Waals surface area contributed by atoms with E-state index in [9.17, 15) is 4.79 Å². The second-order valence-electron chi connectivity index (χ2n) is 5.20. The number of benzene rings is 1. The van der Waals surface area contributed by atoms with Crippen molar-refractivity contribution in [1.29, 1.82) is 0 Å². The zero-order valence-corrected chi connectivity index (χ0v) is 11.9. The molecule has 1 aromatic rings. The number of methoxy groups -OCH3 is 1. The van der Waals surface area contributed by atoms with Crippen LogP contribution in [0, 0.1) is 0 Å². The van der Waals surface area contributed by atoms with Crippen LogP contribution in [0.2, 0.25) is 0 Å². The van der Waals surface area contributed by atoms with Crippen molar-refractivity contribution in [2.24, 2.45) is 0 Å². The van der Waals surface area contributed by atoms with Gasteiger partial charge in [0.25, 0.3) is 0 Å². The third kappa shape index (κ3) is 5.01. The molecule has 100 valence electrons. The van der Waals surface area contributed by atoms with Crippen LogP contribution in [-0.2, 0) is 16.0 Å². The lowest BCUT2D eigenvalue weighted by Gasteiger charge is -2.09. The van der Waals surface area contributed by atoms with Crippen LogP contribution in [0.4, 0.5) is 0 Å². The van der Waals surface area contributed by atoms with Gasteiger partial charge in [0, 0.05) is 20.0 Å². The monoisotopic (exact) mass is 248 g/mol. The third-order valence-corrected chi connectivity index (χ3v) is 3.28. The van der Waals surface area contributed by atoms with E-state index in [1.165, 1.54) is 5.56 Å². The van der Waals surface area contributed by atoms with Crippen molar-refractivity contribution in [3.05, 3.63) is 35.4 Å². The summed E-state index contributed by atoms with van der Waals surface area (Å²) in [6.45, 7) is 6.34. The molecule has 18 heavy (non-hydrogen) atoms. The summed E-state index contributed by atoms with van der Waals surface area (Å²) >= 11 is 0. The lowest BCUT2D eigenvalue weighted by atomic mass is 9.99. The molecule has 0 radical (unpaired) electrons. The maximum Gasteiger partial charge on any atom is 0.137 e. The van der Waals surface area contributed by atoms with Crippen LogP contribution in [-0.4, -0.2) is 19.0 Å². The normalized spacial score (nSPS) is 12.7. The van der Waals surface area contributed by atoms with Crippen LogP contribution < -0.4 is 0 Å². The number of ketones is 1. The molecule has 2 heteroatoms. The molecule has 0 aliphatic carbocycles. The largest absolute Gasteiger partial charge is 0.382 e. The summed E-state index contributed by atoms with van der Waals surface area (Å²) in [5, 5.41) is 0. The van der Waals surface area contributed by atoms with Gasteiger partial charge >= 0.3 is 0 Å². The summed E-state index contributed by atoms with van der Waals surface area (Å²) in [7, 11) is 1.68. The number of ether oxygens (including phenoxy) is 1. The SMILES string of the molecule is COC(C)CCC(=O)Cc1ccc(C(C)C)cc1. The first kappa shape index (κ1) is 14.9. The summed E-state index contributed by atoms with van der Waals surface area (Å²) in [6, 6.07) is 8.36. The fourth-order valence-electron chi connectivity index (χ4n) is 1.82. The average Bonchev–Trinajstić information content (AvgIpc) is 2.36. The van der Waals surface area contributed by atoms with E-state index >= 15 is 0 Å². The van der Waals surface area contributed by atoms with Crippen LogP contribution in [0.25, 0.3) is 0 Å². The molecule has 0 spiro atoms. The van der Waals surface area contributed by atoms with E-state index in [2.05, 4.69) is 38.1 Å². The quantitative estimate of drug-likeness (QED) is 0.735. The molecular formula is C16H24O2. The van der Waals surface area contributed by atoms with Gasteiger partial charge in [-0.3, -0.25) is 4.79 Å². The summed E-state index contributed by atoms with van der Waals surface area (Å²) in [5.74, 6) is 0.827. The number of hydrogen-bond donors (Lipinski definition) is 0. The van der Waals surface area contributed by atoms with Crippen molar-refractivity contribution in [2.45, 2.75) is 52.1 Å². The Morgan fingerprint density at radius 1 is 1.17 bits per heavy atom. The van der Waals surface area contributed by atoms with Crippen molar-refractivity contribution < 1.29 is 9.53 Å². The van der Waals surface area contributed by atoms with Crippen molar-refractivity contribution >= 4 is 5.78 Å². The molecule has 1 unspecified atom stereocenters. The molecule has 0 bridgehead atoms. The summed E-state index contributed by atoms with van der Waals surface area (Å²) < 4.78 is 5.14. The number of Topliss-reactive ketones (excluding diaryl/α,β-unsaturated/α-hetero) is 1. The molecule has 0 aliphatic heterocycles. The number of rotatable bonds is 7. The molecule has 0 saturated heterocycles. The second kappa shape index (κ2) is 7.32. The Kier molecular flexibility index (Phi) is 6.06. The minimum atomic E-state index is 0.164. The average molecular weight is 248 g/mol. The maximum atomic E-state index is 11.8. The van der Waals surface area contributed by atoms with E-state index in [1.807, 2.05) is 6.92 Å². The van der Waals surface area contributed by atoms with Gasteiger partial charge in [-0.25, -0.2) is 0 Å². The van der Waals surface area contributed by atoms with Gasteiger partial charge in [0.15, 0.2) is 0 Å². The zero-order chi connectivity index (χ0) is 13.5. The second-order valence-corrected chi connectivity index (χ2v) is 5.20. The fourth-order valence-corrected chi connectivity index (χ4v) is 1.82. The minimum absolute atomic E-state index is 0.164. The Morgan fingerprint density at radius 2 is 1.78 bits per heavy atom. The molecule has 1 rings (SSSR count). The molecule has 0 fully saturated rings. The van der Waals surface area contributed by atoms with Gasteiger partial charge in [0.2, 0.25) is 0 Å². The first-order valence-electron chi connectivity index (χ1n) is 6.66. The van der Waals surface area contributed by atoms with E-state index in [0.29, 0.717) is 18.8 Å². The Bertz CT molecular complexity index is 365. The third-order valence-electron chi connectivity index (χ3n) is 3.28. The highest BCUT2D eigenvalue weighted by molar-refractivity contribution is 5.80. The van der Waals surface area contributed by atoms with Crippen LogP contribution >= 0.6 is 0 Å². The Hall–Kier alpha value is -1.15. The Labute approximate surface area is 110 Å². The first-order valence-corrected chi connectivity index (χ1v) is 6.66.